The number of nitrogens with one attached hydrogen (secondary N) is 2. The highest BCUT2D eigenvalue weighted by atomic mass is 16.5. The number of pyridine rings is 1. The Kier molecular flexibility index (Phi) is 5.17. The van der Waals surface area contributed by atoms with E-state index in [-0.39, 0.29) is 18.4 Å². The van der Waals surface area contributed by atoms with Gasteiger partial charge < -0.3 is 19.8 Å². The molecule has 2 heterocycles. The number of aryl methyl sites for hydroxylation is 1. The number of imidazole rings is 1. The van der Waals surface area contributed by atoms with Crippen molar-refractivity contribution in [2.75, 3.05) is 13.6 Å². The van der Waals surface area contributed by atoms with Crippen molar-refractivity contribution in [2.24, 2.45) is 0 Å². The lowest BCUT2D eigenvalue weighted by molar-refractivity contribution is -0.119. The Hall–Kier alpha value is -3.35. The van der Waals surface area contributed by atoms with Gasteiger partial charge in [0.25, 0.3) is 5.91 Å². The lowest BCUT2D eigenvalue weighted by Gasteiger charge is -2.07. The van der Waals surface area contributed by atoms with Gasteiger partial charge in [-0.15, -0.1) is 0 Å². The Labute approximate surface area is 151 Å². The first kappa shape index (κ1) is 17.5. The number of hydrogen-bond donors (Lipinski definition) is 2. The van der Waals surface area contributed by atoms with Crippen LogP contribution < -0.4 is 15.4 Å². The molecular formula is C19H20N4O3. The average molecular weight is 352 g/mol. The molecule has 3 rings (SSSR count). The highest BCUT2D eigenvalue weighted by Crippen LogP contribution is 2.15. The molecule has 2 amide bonds. The second-order valence-corrected chi connectivity index (χ2v) is 5.87. The summed E-state index contributed by atoms with van der Waals surface area (Å²) in [6.45, 7) is 2.31. The number of carbonyl (C=O) groups is 2. The number of nitrogens with zero attached hydrogens (tertiary/aromatic N) is 2. The molecule has 134 valence electrons. The van der Waals surface area contributed by atoms with Crippen molar-refractivity contribution in [3.8, 4) is 5.75 Å². The van der Waals surface area contributed by atoms with Crippen LogP contribution in [-0.4, -0.2) is 34.8 Å². The molecule has 2 N–H and O–H groups in total. The summed E-state index contributed by atoms with van der Waals surface area (Å²) in [6, 6.07) is 10.7. The third kappa shape index (κ3) is 4.18. The van der Waals surface area contributed by atoms with Crippen LogP contribution in [0.3, 0.4) is 0 Å². The maximum atomic E-state index is 11.9. The van der Waals surface area contributed by atoms with Gasteiger partial charge in [0.2, 0.25) is 5.91 Å². The maximum Gasteiger partial charge on any atom is 0.251 e. The van der Waals surface area contributed by atoms with Gasteiger partial charge in [-0.3, -0.25) is 9.59 Å². The normalized spacial score (nSPS) is 10.5. The number of aromatic nitrogens is 2. The molecule has 0 unspecified atom stereocenters. The fourth-order valence-corrected chi connectivity index (χ4v) is 2.44. The molecule has 7 heteroatoms. The number of ether oxygens (including phenoxy) is 1. The molecule has 0 aliphatic heterocycles. The van der Waals surface area contributed by atoms with Crippen LogP contribution in [0.15, 0.2) is 48.8 Å². The van der Waals surface area contributed by atoms with E-state index < -0.39 is 0 Å². The van der Waals surface area contributed by atoms with E-state index in [1.807, 2.05) is 35.9 Å². The van der Waals surface area contributed by atoms with E-state index in [2.05, 4.69) is 15.6 Å². The first-order chi connectivity index (χ1) is 12.5. The largest absolute Gasteiger partial charge is 0.487 e. The fourth-order valence-electron chi connectivity index (χ4n) is 2.44. The van der Waals surface area contributed by atoms with Crippen LogP contribution in [0.1, 0.15) is 21.6 Å². The lowest BCUT2D eigenvalue weighted by atomic mass is 10.2. The van der Waals surface area contributed by atoms with Crippen molar-refractivity contribution >= 4 is 17.5 Å². The summed E-state index contributed by atoms with van der Waals surface area (Å²) in [5, 5.41) is 4.99. The number of carbonyl (C=O) groups excluding carboxylic acids is 2. The van der Waals surface area contributed by atoms with E-state index in [1.54, 1.807) is 24.3 Å². The van der Waals surface area contributed by atoms with Crippen molar-refractivity contribution in [3.05, 3.63) is 65.6 Å². The summed E-state index contributed by atoms with van der Waals surface area (Å²) in [4.78, 5) is 27.6. The van der Waals surface area contributed by atoms with Crippen molar-refractivity contribution < 1.29 is 14.3 Å². The Morgan fingerprint density at radius 2 is 1.88 bits per heavy atom. The molecule has 0 aliphatic rings. The van der Waals surface area contributed by atoms with Crippen LogP contribution in [0.5, 0.6) is 5.75 Å². The minimum atomic E-state index is -0.309. The van der Waals surface area contributed by atoms with Crippen LogP contribution in [0.2, 0.25) is 0 Å². The van der Waals surface area contributed by atoms with Gasteiger partial charge in [-0.25, -0.2) is 4.98 Å². The number of likely N-dealkylation sites (N-methyl/N-ethyl adjacent to an activating group) is 1. The first-order valence-corrected chi connectivity index (χ1v) is 8.21. The number of amides is 2. The van der Waals surface area contributed by atoms with Crippen molar-refractivity contribution in [2.45, 2.75) is 13.5 Å². The Morgan fingerprint density at radius 1 is 1.12 bits per heavy atom. The predicted molar refractivity (Wildman–Crippen MR) is 97.1 cm³/mol. The minimum absolute atomic E-state index is 0.0546. The van der Waals surface area contributed by atoms with Crippen molar-refractivity contribution in [3.63, 3.8) is 0 Å². The molecule has 2 aromatic heterocycles. The highest BCUT2D eigenvalue weighted by molar-refractivity contribution is 5.96. The van der Waals surface area contributed by atoms with Gasteiger partial charge in [-0.05, 0) is 42.8 Å². The molecule has 7 nitrogen and oxygen atoms in total. The maximum absolute atomic E-state index is 11.9. The summed E-state index contributed by atoms with van der Waals surface area (Å²) < 4.78 is 7.70. The molecule has 0 saturated heterocycles. The average Bonchev–Trinajstić information content (AvgIpc) is 3.06. The molecular weight excluding hydrogens is 332 g/mol. The number of hydrogen-bond acceptors (Lipinski definition) is 4. The third-order valence-corrected chi connectivity index (χ3v) is 3.84. The van der Waals surface area contributed by atoms with E-state index in [4.69, 9.17) is 4.74 Å². The SMILES string of the molecule is CNC(=O)CNC(=O)c1ccc(OCc2cn3cc(C)ccc3n2)cc1. The molecule has 1 aromatic carbocycles. The summed E-state index contributed by atoms with van der Waals surface area (Å²) in [5.74, 6) is 0.0814. The molecule has 26 heavy (non-hydrogen) atoms. The molecule has 0 atom stereocenters. The predicted octanol–water partition coefficient (Wildman–Crippen LogP) is 1.70. The molecule has 3 aromatic rings. The molecule has 0 bridgehead atoms. The quantitative estimate of drug-likeness (QED) is 0.707. The zero-order valence-corrected chi connectivity index (χ0v) is 14.7. The van der Waals surface area contributed by atoms with Gasteiger partial charge in [-0.1, -0.05) is 6.07 Å². The number of fused-ring (bicyclic) bond motifs is 1. The Bertz CT molecular complexity index is 932. The number of rotatable bonds is 6. The summed E-state index contributed by atoms with van der Waals surface area (Å²) in [5.41, 5.74) is 3.32. The lowest BCUT2D eigenvalue weighted by Crippen LogP contribution is -2.35. The second-order valence-electron chi connectivity index (χ2n) is 5.87. The van der Waals surface area contributed by atoms with Crippen molar-refractivity contribution in [1.29, 1.82) is 0 Å². The van der Waals surface area contributed by atoms with Gasteiger partial charge in [0.05, 0.1) is 12.2 Å². The molecule has 0 spiro atoms. The van der Waals surface area contributed by atoms with Crippen LogP contribution >= 0.6 is 0 Å². The van der Waals surface area contributed by atoms with E-state index >= 15 is 0 Å². The Balaban J connectivity index is 1.58. The topological polar surface area (TPSA) is 84.7 Å². The zero-order valence-electron chi connectivity index (χ0n) is 14.7. The standard InChI is InChI=1S/C19H20N4O3/c1-13-3-8-17-22-15(11-23(17)10-13)12-26-16-6-4-14(5-7-16)19(25)21-9-18(24)20-2/h3-8,10-11H,9,12H2,1-2H3,(H,20,24)(H,21,25). The molecule has 0 fully saturated rings. The van der Waals surface area contributed by atoms with Gasteiger partial charge in [0.1, 0.15) is 18.0 Å². The van der Waals surface area contributed by atoms with E-state index in [0.717, 1.165) is 16.9 Å². The first-order valence-electron chi connectivity index (χ1n) is 8.21. The minimum Gasteiger partial charge on any atom is -0.487 e. The Morgan fingerprint density at radius 3 is 2.62 bits per heavy atom. The highest BCUT2D eigenvalue weighted by Gasteiger charge is 2.08. The molecule has 0 aliphatic carbocycles. The fraction of sp³-hybridized carbons (Fsp3) is 0.211. The summed E-state index contributed by atoms with van der Waals surface area (Å²) >= 11 is 0. The van der Waals surface area contributed by atoms with E-state index in [0.29, 0.717) is 17.9 Å². The molecule has 0 saturated carbocycles. The van der Waals surface area contributed by atoms with Gasteiger partial charge in [0.15, 0.2) is 0 Å². The zero-order chi connectivity index (χ0) is 18.5. The van der Waals surface area contributed by atoms with Crippen LogP contribution in [-0.2, 0) is 11.4 Å². The van der Waals surface area contributed by atoms with Crippen molar-refractivity contribution in [1.82, 2.24) is 20.0 Å². The smallest absolute Gasteiger partial charge is 0.251 e. The van der Waals surface area contributed by atoms with Gasteiger partial charge in [0, 0.05) is 25.0 Å². The third-order valence-electron chi connectivity index (χ3n) is 3.84. The van der Waals surface area contributed by atoms with Crippen LogP contribution in [0, 0.1) is 6.92 Å². The molecule has 0 radical (unpaired) electrons. The monoisotopic (exact) mass is 352 g/mol. The summed E-state index contributed by atoms with van der Waals surface area (Å²) in [7, 11) is 1.52. The van der Waals surface area contributed by atoms with Gasteiger partial charge in [-0.2, -0.15) is 0 Å². The van der Waals surface area contributed by atoms with E-state index in [1.165, 1.54) is 7.05 Å². The second kappa shape index (κ2) is 7.69. The van der Waals surface area contributed by atoms with E-state index in [9.17, 15) is 9.59 Å². The number of benzene rings is 1. The van der Waals surface area contributed by atoms with Gasteiger partial charge >= 0.3 is 0 Å². The summed E-state index contributed by atoms with van der Waals surface area (Å²) in [6.07, 6.45) is 3.95. The van der Waals surface area contributed by atoms with Crippen LogP contribution in [0.4, 0.5) is 0 Å². The van der Waals surface area contributed by atoms with Crippen LogP contribution in [0.25, 0.3) is 5.65 Å².